The molecule has 14 heavy (non-hydrogen) atoms. The molecule has 0 unspecified atom stereocenters. The number of quaternary nitrogens is 1. The predicted octanol–water partition coefficient (Wildman–Crippen LogP) is -2.03. The maximum atomic E-state index is 8.83. The van der Waals surface area contributed by atoms with Crippen LogP contribution in [0.25, 0.3) is 0 Å². The Kier molecular flexibility index (Phi) is 8.26. The second kappa shape index (κ2) is 6.85. The molecular weight excluding hydrogens is 223 g/mol. The van der Waals surface area contributed by atoms with Gasteiger partial charge in [-0.3, -0.25) is 0 Å². The summed E-state index contributed by atoms with van der Waals surface area (Å²) in [6, 6.07) is 0. The fourth-order valence-corrected chi connectivity index (χ4v) is 1.11. The second-order valence-electron chi connectivity index (χ2n) is 4.83. The standard InChI is InChI=1S/C9H22ClN2O.ClH/c1-9(2,11-10)5-6-12(3,4)7-8-13;/h11,13H,5-8H2,1-4H3;1H/q+1;/p-1. The molecular formula is C9H22Cl2N2O. The lowest BCUT2D eigenvalue weighted by Gasteiger charge is -2.32. The number of halogens is 2. The lowest BCUT2D eigenvalue weighted by Crippen LogP contribution is -3.00. The highest BCUT2D eigenvalue weighted by molar-refractivity contribution is 6.13. The third-order valence-electron chi connectivity index (χ3n) is 2.30. The van der Waals surface area contributed by atoms with E-state index in [0.29, 0.717) is 0 Å². The van der Waals surface area contributed by atoms with E-state index in [0.717, 1.165) is 24.0 Å². The highest BCUT2D eigenvalue weighted by Crippen LogP contribution is 2.12. The molecule has 0 aliphatic heterocycles. The van der Waals surface area contributed by atoms with Gasteiger partial charge in [0.05, 0.1) is 27.2 Å². The average Bonchev–Trinajstić information content (AvgIpc) is 2.02. The van der Waals surface area contributed by atoms with Gasteiger partial charge in [0, 0.05) is 12.0 Å². The van der Waals surface area contributed by atoms with Gasteiger partial charge in [0.25, 0.3) is 0 Å². The summed E-state index contributed by atoms with van der Waals surface area (Å²) in [7, 11) is 4.22. The molecule has 0 saturated heterocycles. The van der Waals surface area contributed by atoms with Crippen molar-refractivity contribution < 1.29 is 22.0 Å². The molecule has 0 atom stereocenters. The smallest absolute Gasteiger partial charge is 0.102 e. The summed E-state index contributed by atoms with van der Waals surface area (Å²) in [6.07, 6.45) is 0.990. The number of nitrogens with zero attached hydrogens (tertiary/aromatic N) is 1. The van der Waals surface area contributed by atoms with Crippen LogP contribution < -0.4 is 17.2 Å². The first-order valence-electron chi connectivity index (χ1n) is 4.64. The van der Waals surface area contributed by atoms with Crippen LogP contribution in [0.3, 0.4) is 0 Å². The quantitative estimate of drug-likeness (QED) is 0.418. The van der Waals surface area contributed by atoms with Crippen LogP contribution in [-0.2, 0) is 0 Å². The molecule has 0 bridgehead atoms. The molecule has 0 aliphatic rings. The average molecular weight is 245 g/mol. The van der Waals surface area contributed by atoms with E-state index >= 15 is 0 Å². The van der Waals surface area contributed by atoms with Crippen LogP contribution >= 0.6 is 11.8 Å². The van der Waals surface area contributed by atoms with Crippen molar-refractivity contribution in [2.24, 2.45) is 0 Å². The van der Waals surface area contributed by atoms with Crippen molar-refractivity contribution in [3.8, 4) is 0 Å². The van der Waals surface area contributed by atoms with Crippen molar-refractivity contribution in [1.82, 2.24) is 4.84 Å². The Morgan fingerprint density at radius 3 is 2.14 bits per heavy atom. The van der Waals surface area contributed by atoms with Crippen molar-refractivity contribution in [3.63, 3.8) is 0 Å². The number of hydrogen-bond acceptors (Lipinski definition) is 2. The van der Waals surface area contributed by atoms with Gasteiger partial charge in [-0.2, -0.15) is 0 Å². The summed E-state index contributed by atoms with van der Waals surface area (Å²) in [5, 5.41) is 8.83. The van der Waals surface area contributed by atoms with E-state index < -0.39 is 0 Å². The zero-order chi connectivity index (χ0) is 10.5. The Hall–Kier alpha value is 0.460. The first-order valence-corrected chi connectivity index (χ1v) is 5.01. The molecule has 0 heterocycles. The van der Waals surface area contributed by atoms with Gasteiger partial charge in [-0.05, 0) is 25.6 Å². The van der Waals surface area contributed by atoms with Crippen molar-refractivity contribution >= 4 is 11.8 Å². The first-order chi connectivity index (χ1) is 5.83. The van der Waals surface area contributed by atoms with Gasteiger partial charge >= 0.3 is 0 Å². The Labute approximate surface area is 98.5 Å². The molecule has 3 nitrogen and oxygen atoms in total. The topological polar surface area (TPSA) is 32.3 Å². The normalized spacial score (nSPS) is 12.4. The molecule has 0 aromatic heterocycles. The number of rotatable bonds is 6. The Morgan fingerprint density at radius 2 is 1.79 bits per heavy atom. The number of aliphatic hydroxyl groups excluding tert-OH is 1. The Balaban J connectivity index is 0. The molecule has 0 radical (unpaired) electrons. The number of nitrogens with one attached hydrogen (secondary N) is 1. The molecule has 2 N–H and O–H groups in total. The van der Waals surface area contributed by atoms with Crippen LogP contribution in [0.1, 0.15) is 20.3 Å². The fourth-order valence-electron chi connectivity index (χ4n) is 1.01. The van der Waals surface area contributed by atoms with Gasteiger partial charge < -0.3 is 22.0 Å². The highest BCUT2D eigenvalue weighted by Gasteiger charge is 2.22. The number of hydrogen-bond donors (Lipinski definition) is 2. The third-order valence-corrected chi connectivity index (χ3v) is 2.81. The van der Waals surface area contributed by atoms with Crippen molar-refractivity contribution in [3.05, 3.63) is 0 Å². The minimum atomic E-state index is -0.0352. The van der Waals surface area contributed by atoms with Crippen LogP contribution in [-0.4, -0.2) is 48.9 Å². The van der Waals surface area contributed by atoms with Crippen LogP contribution in [0, 0.1) is 0 Å². The first kappa shape index (κ1) is 16.9. The maximum absolute atomic E-state index is 8.83. The minimum Gasteiger partial charge on any atom is -1.00 e. The minimum absolute atomic E-state index is 0. The maximum Gasteiger partial charge on any atom is 0.102 e. The molecule has 0 saturated carbocycles. The van der Waals surface area contributed by atoms with Gasteiger partial charge in [0.2, 0.25) is 0 Å². The Morgan fingerprint density at radius 1 is 1.29 bits per heavy atom. The van der Waals surface area contributed by atoms with E-state index in [4.69, 9.17) is 16.9 Å². The van der Waals surface area contributed by atoms with Crippen LogP contribution in [0.2, 0.25) is 0 Å². The summed E-state index contributed by atoms with van der Waals surface area (Å²) >= 11 is 5.59. The molecule has 0 rings (SSSR count). The van der Waals surface area contributed by atoms with Gasteiger partial charge in [-0.15, -0.1) is 0 Å². The highest BCUT2D eigenvalue weighted by atomic mass is 35.5. The molecule has 0 aromatic carbocycles. The lowest BCUT2D eigenvalue weighted by molar-refractivity contribution is -0.891. The third kappa shape index (κ3) is 7.83. The summed E-state index contributed by atoms with van der Waals surface area (Å²) in [5.41, 5.74) is -0.0352. The summed E-state index contributed by atoms with van der Waals surface area (Å²) < 4.78 is 0.832. The van der Waals surface area contributed by atoms with E-state index in [-0.39, 0.29) is 24.6 Å². The summed E-state index contributed by atoms with van der Waals surface area (Å²) in [5.74, 6) is 0. The van der Waals surface area contributed by atoms with Crippen molar-refractivity contribution in [2.75, 3.05) is 33.8 Å². The van der Waals surface area contributed by atoms with Gasteiger partial charge in [-0.25, -0.2) is 4.84 Å². The van der Waals surface area contributed by atoms with Crippen molar-refractivity contribution in [2.45, 2.75) is 25.8 Å². The van der Waals surface area contributed by atoms with E-state index in [1.807, 2.05) is 0 Å². The number of aliphatic hydroxyl groups is 1. The van der Waals surface area contributed by atoms with E-state index in [1.54, 1.807) is 0 Å². The SMILES string of the molecule is CC(C)(CC[N+](C)(C)CCO)NCl.[Cl-]. The number of likely N-dealkylation sites (N-methyl/N-ethyl adjacent to an activating group) is 1. The molecule has 88 valence electrons. The molecule has 0 aromatic rings. The molecule has 5 heteroatoms. The van der Waals surface area contributed by atoms with Crippen LogP contribution in [0.15, 0.2) is 0 Å². The van der Waals surface area contributed by atoms with E-state index in [1.165, 1.54) is 0 Å². The fraction of sp³-hybridized carbons (Fsp3) is 1.00. The van der Waals surface area contributed by atoms with Crippen LogP contribution in [0.5, 0.6) is 0 Å². The second-order valence-corrected chi connectivity index (χ2v) is 5.02. The largest absolute Gasteiger partial charge is 1.00 e. The molecule has 0 spiro atoms. The summed E-state index contributed by atoms with van der Waals surface area (Å²) in [4.78, 5) is 2.76. The Bertz CT molecular complexity index is 152. The van der Waals surface area contributed by atoms with Gasteiger partial charge in [0.15, 0.2) is 0 Å². The van der Waals surface area contributed by atoms with Gasteiger partial charge in [0.1, 0.15) is 6.54 Å². The van der Waals surface area contributed by atoms with Crippen LogP contribution in [0.4, 0.5) is 0 Å². The predicted molar refractivity (Wildman–Crippen MR) is 56.6 cm³/mol. The van der Waals surface area contributed by atoms with E-state index in [2.05, 4.69) is 32.8 Å². The monoisotopic (exact) mass is 244 g/mol. The van der Waals surface area contributed by atoms with E-state index in [9.17, 15) is 0 Å². The molecule has 0 fully saturated rings. The molecule has 0 amide bonds. The zero-order valence-electron chi connectivity index (χ0n) is 9.48. The zero-order valence-corrected chi connectivity index (χ0v) is 11.0. The molecule has 0 aliphatic carbocycles. The van der Waals surface area contributed by atoms with Crippen molar-refractivity contribution in [1.29, 1.82) is 0 Å². The van der Waals surface area contributed by atoms with Gasteiger partial charge in [-0.1, -0.05) is 0 Å². The summed E-state index contributed by atoms with van der Waals surface area (Å²) in [6.45, 7) is 6.17. The lowest BCUT2D eigenvalue weighted by atomic mass is 10.0.